The van der Waals surface area contributed by atoms with Gasteiger partial charge in [0.2, 0.25) is 0 Å². The molecule has 0 spiro atoms. The number of nitrogens with one attached hydrogen (secondary N) is 2. The van der Waals surface area contributed by atoms with E-state index in [-0.39, 0.29) is 11.8 Å². The van der Waals surface area contributed by atoms with E-state index in [4.69, 9.17) is 11.6 Å². The number of fused-ring (bicyclic) bond motifs is 1. The number of carbonyl (C=O) groups is 2. The Balaban J connectivity index is 1.62. The molecule has 0 saturated heterocycles. The first-order valence-electron chi connectivity index (χ1n) is 12.1. The Morgan fingerprint density at radius 1 is 0.944 bits per heavy atom. The molecule has 0 aliphatic carbocycles. The number of anilines is 2. The van der Waals surface area contributed by atoms with Crippen LogP contribution in [0.15, 0.2) is 72.8 Å². The van der Waals surface area contributed by atoms with Crippen LogP contribution in [0.2, 0.25) is 5.02 Å². The maximum Gasteiger partial charge on any atom is 0.258 e. The number of rotatable bonds is 9. The zero-order valence-corrected chi connectivity index (χ0v) is 21.6. The van der Waals surface area contributed by atoms with Gasteiger partial charge in [0, 0.05) is 34.9 Å². The summed E-state index contributed by atoms with van der Waals surface area (Å²) < 4.78 is 0. The quantitative estimate of drug-likeness (QED) is 0.369. The van der Waals surface area contributed by atoms with Crippen LogP contribution in [-0.2, 0) is 4.79 Å². The third-order valence-electron chi connectivity index (χ3n) is 6.14. The van der Waals surface area contributed by atoms with Gasteiger partial charge in [0.25, 0.3) is 11.8 Å². The van der Waals surface area contributed by atoms with Gasteiger partial charge < -0.3 is 20.4 Å². The Kier molecular flexibility index (Phi) is 8.08. The van der Waals surface area contributed by atoms with Gasteiger partial charge in [-0.2, -0.15) is 0 Å². The van der Waals surface area contributed by atoms with E-state index in [0.29, 0.717) is 34.1 Å². The van der Waals surface area contributed by atoms with Gasteiger partial charge in [0.15, 0.2) is 0 Å². The van der Waals surface area contributed by atoms with Crippen molar-refractivity contribution in [2.24, 2.45) is 0 Å². The molecule has 3 aromatic carbocycles. The molecule has 1 heterocycles. The summed E-state index contributed by atoms with van der Waals surface area (Å²) in [7, 11) is 4.07. The summed E-state index contributed by atoms with van der Waals surface area (Å²) in [5.41, 5.74) is 5.01. The summed E-state index contributed by atoms with van der Waals surface area (Å²) in [6.07, 6.45) is 0.926. The highest BCUT2D eigenvalue weighted by molar-refractivity contribution is 6.38. The van der Waals surface area contributed by atoms with Crippen LogP contribution in [0.1, 0.15) is 34.8 Å². The molecule has 2 amide bonds. The van der Waals surface area contributed by atoms with Crippen molar-refractivity contribution in [1.82, 2.24) is 9.80 Å². The third-order valence-corrected chi connectivity index (χ3v) is 6.38. The van der Waals surface area contributed by atoms with Crippen molar-refractivity contribution in [2.75, 3.05) is 44.4 Å². The van der Waals surface area contributed by atoms with Gasteiger partial charge in [-0.05, 0) is 75.9 Å². The molecule has 0 saturated carbocycles. The average Bonchev–Trinajstić information content (AvgIpc) is 3.20. The van der Waals surface area contributed by atoms with Crippen molar-refractivity contribution in [1.29, 1.82) is 0 Å². The lowest BCUT2D eigenvalue weighted by molar-refractivity contribution is -0.110. The molecule has 3 aromatic rings. The standard InChI is InChI=1S/C29H31ClN4O2/c1-4-34(18-8-17-33(2)3)29(36)21-11-14-23(15-12-21)31-27(20-9-6-5-7-10-20)26-24-16-13-22(30)19-25(24)32-28(26)35/h5-7,9-16,19,31H,4,8,17-18H2,1-3H3,(H,32,35). The molecule has 1 aliphatic rings. The highest BCUT2D eigenvalue weighted by atomic mass is 35.5. The topological polar surface area (TPSA) is 64.7 Å². The van der Waals surface area contributed by atoms with E-state index < -0.39 is 0 Å². The van der Waals surface area contributed by atoms with Gasteiger partial charge in [-0.25, -0.2) is 0 Å². The van der Waals surface area contributed by atoms with Gasteiger partial charge in [0.05, 0.1) is 17.0 Å². The maximum atomic E-state index is 13.0. The normalized spacial score (nSPS) is 13.9. The largest absolute Gasteiger partial charge is 0.354 e. The molecule has 0 fully saturated rings. The molecule has 0 unspecified atom stereocenters. The summed E-state index contributed by atoms with van der Waals surface area (Å²) in [6, 6.07) is 22.5. The molecule has 0 radical (unpaired) electrons. The fraction of sp³-hybridized carbons (Fsp3) is 0.241. The summed E-state index contributed by atoms with van der Waals surface area (Å²) in [4.78, 5) is 30.1. The van der Waals surface area contributed by atoms with E-state index in [0.717, 1.165) is 36.3 Å². The first-order valence-corrected chi connectivity index (χ1v) is 12.5. The van der Waals surface area contributed by atoms with Crippen molar-refractivity contribution in [2.45, 2.75) is 13.3 Å². The van der Waals surface area contributed by atoms with Crippen LogP contribution in [0.3, 0.4) is 0 Å². The highest BCUT2D eigenvalue weighted by Crippen LogP contribution is 2.38. The molecule has 0 aromatic heterocycles. The molecule has 2 N–H and O–H groups in total. The first kappa shape index (κ1) is 25.5. The molecule has 1 aliphatic heterocycles. The van der Waals surface area contributed by atoms with Crippen LogP contribution in [0, 0.1) is 0 Å². The van der Waals surface area contributed by atoms with Crippen molar-refractivity contribution in [3.05, 3.63) is 94.5 Å². The Morgan fingerprint density at radius 2 is 1.67 bits per heavy atom. The summed E-state index contributed by atoms with van der Waals surface area (Å²) in [6.45, 7) is 4.32. The Morgan fingerprint density at radius 3 is 2.33 bits per heavy atom. The van der Waals surface area contributed by atoms with Crippen molar-refractivity contribution in [3.8, 4) is 0 Å². The second-order valence-corrected chi connectivity index (χ2v) is 9.44. The van der Waals surface area contributed by atoms with Crippen molar-refractivity contribution < 1.29 is 9.59 Å². The van der Waals surface area contributed by atoms with Gasteiger partial charge in [-0.3, -0.25) is 9.59 Å². The number of hydrogen-bond donors (Lipinski definition) is 2. The van der Waals surface area contributed by atoms with E-state index in [1.54, 1.807) is 12.1 Å². The molecule has 0 bridgehead atoms. The number of benzene rings is 3. The third kappa shape index (κ3) is 5.78. The van der Waals surface area contributed by atoms with Crippen molar-refractivity contribution in [3.63, 3.8) is 0 Å². The Bertz CT molecular complexity index is 1270. The zero-order chi connectivity index (χ0) is 25.7. The number of halogens is 1. The van der Waals surface area contributed by atoms with E-state index in [2.05, 4.69) is 15.5 Å². The van der Waals surface area contributed by atoms with E-state index in [1.807, 2.05) is 86.6 Å². The minimum absolute atomic E-state index is 0.0189. The van der Waals surface area contributed by atoms with E-state index in [1.165, 1.54) is 0 Å². The van der Waals surface area contributed by atoms with E-state index >= 15 is 0 Å². The highest BCUT2D eigenvalue weighted by Gasteiger charge is 2.28. The molecular weight excluding hydrogens is 472 g/mol. The van der Waals surface area contributed by atoms with Crippen LogP contribution in [0.25, 0.3) is 11.3 Å². The summed E-state index contributed by atoms with van der Waals surface area (Å²) in [5, 5.41) is 6.91. The first-order chi connectivity index (χ1) is 17.4. The number of nitrogens with zero attached hydrogens (tertiary/aromatic N) is 2. The molecule has 36 heavy (non-hydrogen) atoms. The molecule has 186 valence electrons. The SMILES string of the molecule is CCN(CCCN(C)C)C(=O)c1ccc(NC(=C2C(=O)Nc3cc(Cl)ccc32)c2ccccc2)cc1. The smallest absolute Gasteiger partial charge is 0.258 e. The summed E-state index contributed by atoms with van der Waals surface area (Å²) in [5.74, 6) is -0.174. The minimum Gasteiger partial charge on any atom is -0.354 e. The molecule has 0 atom stereocenters. The van der Waals surface area contributed by atoms with Gasteiger partial charge in [-0.15, -0.1) is 0 Å². The Hall–Kier alpha value is -3.61. The van der Waals surface area contributed by atoms with Crippen LogP contribution < -0.4 is 10.6 Å². The van der Waals surface area contributed by atoms with Crippen molar-refractivity contribution >= 4 is 46.1 Å². The van der Waals surface area contributed by atoms with Crippen LogP contribution in [0.5, 0.6) is 0 Å². The molecule has 4 rings (SSSR count). The second-order valence-electron chi connectivity index (χ2n) is 9.00. The number of carbonyl (C=O) groups excluding carboxylic acids is 2. The molecule has 7 heteroatoms. The predicted molar refractivity (Wildman–Crippen MR) is 148 cm³/mol. The fourth-order valence-electron chi connectivity index (χ4n) is 4.28. The molecule has 6 nitrogen and oxygen atoms in total. The monoisotopic (exact) mass is 502 g/mol. The lowest BCUT2D eigenvalue weighted by Gasteiger charge is -2.22. The second kappa shape index (κ2) is 11.4. The van der Waals surface area contributed by atoms with Gasteiger partial charge in [0.1, 0.15) is 0 Å². The molecular formula is C29H31ClN4O2. The average molecular weight is 503 g/mol. The maximum absolute atomic E-state index is 13.0. The lowest BCUT2D eigenvalue weighted by atomic mass is 10.00. The summed E-state index contributed by atoms with van der Waals surface area (Å²) >= 11 is 6.14. The minimum atomic E-state index is -0.193. The number of amides is 2. The predicted octanol–water partition coefficient (Wildman–Crippen LogP) is 5.69. The van der Waals surface area contributed by atoms with E-state index in [9.17, 15) is 9.59 Å². The van der Waals surface area contributed by atoms with Gasteiger partial charge in [-0.1, -0.05) is 48.0 Å². The number of hydrogen-bond acceptors (Lipinski definition) is 4. The Labute approximate surface area is 217 Å². The van der Waals surface area contributed by atoms with Gasteiger partial charge >= 0.3 is 0 Å². The van der Waals surface area contributed by atoms with Crippen LogP contribution in [0.4, 0.5) is 11.4 Å². The van der Waals surface area contributed by atoms with Crippen LogP contribution >= 0.6 is 11.6 Å². The lowest BCUT2D eigenvalue weighted by Crippen LogP contribution is -2.33. The fourth-order valence-corrected chi connectivity index (χ4v) is 4.45. The van der Waals surface area contributed by atoms with Crippen LogP contribution in [-0.4, -0.2) is 55.3 Å². The zero-order valence-electron chi connectivity index (χ0n) is 20.8.